The molecule has 0 aliphatic carbocycles. The second kappa shape index (κ2) is 9.89. The van der Waals surface area contributed by atoms with E-state index in [0.717, 1.165) is 5.56 Å². The number of hydrogen-bond donors (Lipinski definition) is 2. The standard InChI is InChI=1S/C25H20ClFN6OS/c1-15-21(23(34)30-19-6-4-12-28-13-19)22(16-8-10-18(26)11-9-16)33-24(29-15)31-25(32-33)35-14-17-5-2-3-7-20(17)27/h2-13,22H,14H2,1H3,(H,30,34)(H,29,31,32)/t22-/m1/s1. The molecule has 0 spiro atoms. The summed E-state index contributed by atoms with van der Waals surface area (Å²) in [6.45, 7) is 1.82. The third kappa shape index (κ3) is 4.91. The maximum Gasteiger partial charge on any atom is 0.255 e. The molecule has 1 aliphatic heterocycles. The molecule has 4 aromatic rings. The van der Waals surface area contributed by atoms with E-state index in [4.69, 9.17) is 11.6 Å². The van der Waals surface area contributed by atoms with Crippen LogP contribution in [-0.4, -0.2) is 25.7 Å². The molecular weight excluding hydrogens is 487 g/mol. The summed E-state index contributed by atoms with van der Waals surface area (Å²) in [4.78, 5) is 22.1. The molecule has 10 heteroatoms. The van der Waals surface area contributed by atoms with Crippen LogP contribution in [0.4, 0.5) is 16.0 Å². The minimum absolute atomic E-state index is 0.270. The number of anilines is 2. The highest BCUT2D eigenvalue weighted by Gasteiger charge is 2.34. The minimum atomic E-state index is -0.546. The number of nitrogens with zero attached hydrogens (tertiary/aromatic N) is 4. The number of nitrogens with one attached hydrogen (secondary N) is 2. The lowest BCUT2D eigenvalue weighted by Crippen LogP contribution is -2.31. The molecule has 1 aliphatic rings. The van der Waals surface area contributed by atoms with Gasteiger partial charge in [-0.15, -0.1) is 5.10 Å². The van der Waals surface area contributed by atoms with Crippen molar-refractivity contribution in [3.63, 3.8) is 0 Å². The lowest BCUT2D eigenvalue weighted by atomic mass is 9.95. The van der Waals surface area contributed by atoms with E-state index < -0.39 is 6.04 Å². The number of thioether (sulfide) groups is 1. The van der Waals surface area contributed by atoms with E-state index in [2.05, 4.69) is 25.7 Å². The van der Waals surface area contributed by atoms with Gasteiger partial charge in [0.05, 0.1) is 17.5 Å². The van der Waals surface area contributed by atoms with Crippen molar-refractivity contribution < 1.29 is 9.18 Å². The molecule has 176 valence electrons. The second-order valence-electron chi connectivity index (χ2n) is 7.86. The fraction of sp³-hybridized carbons (Fsp3) is 0.120. The largest absolute Gasteiger partial charge is 0.328 e. The monoisotopic (exact) mass is 506 g/mol. The number of hydrogen-bond acceptors (Lipinski definition) is 6. The van der Waals surface area contributed by atoms with E-state index in [9.17, 15) is 9.18 Å². The molecule has 0 bridgehead atoms. The number of benzene rings is 2. The van der Waals surface area contributed by atoms with Crippen molar-refractivity contribution >= 4 is 40.9 Å². The van der Waals surface area contributed by atoms with Gasteiger partial charge in [0.25, 0.3) is 5.91 Å². The SMILES string of the molecule is CC1=C(C(=O)Nc2cccnc2)[C@@H](c2ccc(Cl)cc2)n2nc(SCc3ccccc3F)nc2N1. The molecule has 1 amide bonds. The Kier molecular flexibility index (Phi) is 6.52. The Labute approximate surface area is 210 Å². The number of pyridine rings is 1. The molecular formula is C25H20ClFN6OS. The Morgan fingerprint density at radius 3 is 2.71 bits per heavy atom. The Balaban J connectivity index is 1.49. The Bertz CT molecular complexity index is 1410. The van der Waals surface area contributed by atoms with Crippen LogP contribution in [0.1, 0.15) is 24.1 Å². The summed E-state index contributed by atoms with van der Waals surface area (Å²) in [7, 11) is 0. The van der Waals surface area contributed by atoms with Gasteiger partial charge in [-0.3, -0.25) is 9.78 Å². The molecule has 5 rings (SSSR count). The lowest BCUT2D eigenvalue weighted by Gasteiger charge is -2.28. The van der Waals surface area contributed by atoms with Crippen LogP contribution in [-0.2, 0) is 10.5 Å². The van der Waals surface area contributed by atoms with Gasteiger partial charge in [-0.1, -0.05) is 53.7 Å². The van der Waals surface area contributed by atoms with E-state index in [0.29, 0.717) is 44.4 Å². The number of carbonyl (C=O) groups is 1. The third-order valence-electron chi connectivity index (χ3n) is 5.50. The first-order valence-electron chi connectivity index (χ1n) is 10.8. The van der Waals surface area contributed by atoms with Crippen molar-refractivity contribution in [2.45, 2.75) is 23.9 Å². The first-order valence-corrected chi connectivity index (χ1v) is 12.1. The van der Waals surface area contributed by atoms with E-state index in [1.54, 1.807) is 59.5 Å². The van der Waals surface area contributed by atoms with Crippen LogP contribution in [0.15, 0.2) is 89.5 Å². The predicted octanol–water partition coefficient (Wildman–Crippen LogP) is 5.69. The van der Waals surface area contributed by atoms with Gasteiger partial charge in [-0.2, -0.15) is 4.98 Å². The zero-order valence-corrected chi connectivity index (χ0v) is 20.1. The zero-order chi connectivity index (χ0) is 24.4. The molecule has 0 saturated heterocycles. The highest BCUT2D eigenvalue weighted by Crippen LogP contribution is 2.37. The van der Waals surface area contributed by atoms with Crippen LogP contribution in [0.2, 0.25) is 5.02 Å². The number of amides is 1. The van der Waals surface area contributed by atoms with E-state index in [-0.39, 0.29) is 11.7 Å². The fourth-order valence-electron chi connectivity index (χ4n) is 3.83. The predicted molar refractivity (Wildman–Crippen MR) is 135 cm³/mol. The summed E-state index contributed by atoms with van der Waals surface area (Å²) in [6, 6.07) is 16.9. The van der Waals surface area contributed by atoms with Crippen LogP contribution in [0.3, 0.4) is 0 Å². The molecule has 1 atom stereocenters. The first-order chi connectivity index (χ1) is 17.0. The van der Waals surface area contributed by atoms with Gasteiger partial charge in [0.15, 0.2) is 0 Å². The van der Waals surface area contributed by atoms with E-state index in [1.807, 2.05) is 19.1 Å². The smallest absolute Gasteiger partial charge is 0.255 e. The molecule has 35 heavy (non-hydrogen) atoms. The van der Waals surface area contributed by atoms with Crippen molar-refractivity contribution in [3.05, 3.63) is 106 Å². The van der Waals surface area contributed by atoms with Gasteiger partial charge >= 0.3 is 0 Å². The molecule has 0 saturated carbocycles. The van der Waals surface area contributed by atoms with Gasteiger partial charge in [-0.05, 0) is 48.4 Å². The summed E-state index contributed by atoms with van der Waals surface area (Å²) >= 11 is 7.45. The Morgan fingerprint density at radius 2 is 1.97 bits per heavy atom. The zero-order valence-electron chi connectivity index (χ0n) is 18.6. The molecule has 7 nitrogen and oxygen atoms in total. The van der Waals surface area contributed by atoms with E-state index >= 15 is 0 Å². The third-order valence-corrected chi connectivity index (χ3v) is 6.64. The normalized spacial score (nSPS) is 14.9. The summed E-state index contributed by atoms with van der Waals surface area (Å²) < 4.78 is 15.7. The van der Waals surface area contributed by atoms with Crippen LogP contribution in [0.5, 0.6) is 0 Å². The second-order valence-corrected chi connectivity index (χ2v) is 9.24. The minimum Gasteiger partial charge on any atom is -0.328 e. The highest BCUT2D eigenvalue weighted by molar-refractivity contribution is 7.98. The number of fused-ring (bicyclic) bond motifs is 1. The van der Waals surface area contributed by atoms with Crippen molar-refractivity contribution in [2.24, 2.45) is 0 Å². The van der Waals surface area contributed by atoms with Crippen molar-refractivity contribution in [2.75, 3.05) is 10.6 Å². The molecule has 0 radical (unpaired) electrons. The lowest BCUT2D eigenvalue weighted by molar-refractivity contribution is -0.113. The Morgan fingerprint density at radius 1 is 1.17 bits per heavy atom. The maximum atomic E-state index is 14.1. The number of allylic oxidation sites excluding steroid dienone is 1. The molecule has 0 unspecified atom stereocenters. The average molecular weight is 507 g/mol. The highest BCUT2D eigenvalue weighted by atomic mass is 35.5. The van der Waals surface area contributed by atoms with Crippen LogP contribution >= 0.6 is 23.4 Å². The summed E-state index contributed by atoms with van der Waals surface area (Å²) in [5, 5.41) is 11.8. The molecule has 0 fully saturated rings. The van der Waals surface area contributed by atoms with Gasteiger partial charge in [0, 0.05) is 22.7 Å². The molecule has 2 aromatic heterocycles. The Hall–Kier alpha value is -3.69. The van der Waals surface area contributed by atoms with Gasteiger partial charge < -0.3 is 10.6 Å². The average Bonchev–Trinajstić information content (AvgIpc) is 3.26. The van der Waals surface area contributed by atoms with Crippen LogP contribution in [0, 0.1) is 5.82 Å². The van der Waals surface area contributed by atoms with Crippen molar-refractivity contribution in [1.82, 2.24) is 19.7 Å². The molecule has 3 heterocycles. The van der Waals surface area contributed by atoms with Crippen molar-refractivity contribution in [1.29, 1.82) is 0 Å². The van der Waals surface area contributed by atoms with Gasteiger partial charge in [0.2, 0.25) is 11.1 Å². The van der Waals surface area contributed by atoms with Gasteiger partial charge in [0.1, 0.15) is 11.9 Å². The number of aromatic nitrogens is 4. The summed E-state index contributed by atoms with van der Waals surface area (Å²) in [6.07, 6.45) is 3.22. The van der Waals surface area contributed by atoms with E-state index in [1.165, 1.54) is 17.8 Å². The van der Waals surface area contributed by atoms with Crippen LogP contribution in [0.25, 0.3) is 0 Å². The van der Waals surface area contributed by atoms with Crippen molar-refractivity contribution in [3.8, 4) is 0 Å². The number of halogens is 2. The van der Waals surface area contributed by atoms with Gasteiger partial charge in [-0.25, -0.2) is 9.07 Å². The summed E-state index contributed by atoms with van der Waals surface area (Å²) in [5.74, 6) is 0.316. The van der Waals surface area contributed by atoms with Crippen LogP contribution < -0.4 is 10.6 Å². The molecule has 2 N–H and O–H groups in total. The summed E-state index contributed by atoms with van der Waals surface area (Å²) in [5.41, 5.74) is 3.11. The number of rotatable bonds is 6. The molecule has 2 aromatic carbocycles. The maximum absolute atomic E-state index is 14.1. The topological polar surface area (TPSA) is 84.7 Å². The first kappa shape index (κ1) is 23.1. The fourth-order valence-corrected chi connectivity index (χ4v) is 4.77. The quantitative estimate of drug-likeness (QED) is 0.327. The number of carbonyl (C=O) groups excluding carboxylic acids is 1.